The van der Waals surface area contributed by atoms with E-state index < -0.39 is 10.1 Å². The quantitative estimate of drug-likeness (QED) is 0.322. The molecule has 1 aromatic carbocycles. The molecule has 0 saturated heterocycles. The summed E-state index contributed by atoms with van der Waals surface area (Å²) in [6, 6.07) is 3.55. The van der Waals surface area contributed by atoms with E-state index in [0.29, 0.717) is 5.75 Å². The maximum absolute atomic E-state index is 10.5. The van der Waals surface area contributed by atoms with Gasteiger partial charge >= 0.3 is 18.9 Å². The van der Waals surface area contributed by atoms with E-state index in [1.807, 2.05) is 0 Å². The van der Waals surface area contributed by atoms with Gasteiger partial charge in [-0.25, -0.2) is 8.42 Å². The average Bonchev–Trinajstić information content (AvgIpc) is 2.02. The maximum Gasteiger partial charge on any atom is 1.00 e. The van der Waals surface area contributed by atoms with Crippen LogP contribution >= 0.6 is 0 Å². The molecule has 1 rings (SSSR count). The van der Waals surface area contributed by atoms with E-state index >= 15 is 0 Å². The van der Waals surface area contributed by atoms with Crippen LogP contribution in [0.15, 0.2) is 23.1 Å². The molecule has 72 valence electrons. The van der Waals surface area contributed by atoms with Crippen LogP contribution in [0.1, 0.15) is 0 Å². The molecule has 0 aliphatic heterocycles. The summed E-state index contributed by atoms with van der Waals surface area (Å²) in [6.45, 7) is 0. The molecule has 0 fully saturated rings. The van der Waals surface area contributed by atoms with Crippen LogP contribution in [0.5, 0.6) is 5.75 Å². The van der Waals surface area contributed by atoms with E-state index in [2.05, 4.69) is 0 Å². The number of ether oxygens (including phenoxy) is 1. The van der Waals surface area contributed by atoms with Gasteiger partial charge in [0.05, 0.1) is 17.7 Å². The van der Waals surface area contributed by atoms with Crippen LogP contribution in [0.3, 0.4) is 0 Å². The van der Waals surface area contributed by atoms with Gasteiger partial charge in [-0.2, -0.15) is 0 Å². The Balaban J connectivity index is 0.00000169. The van der Waals surface area contributed by atoms with Crippen molar-refractivity contribution in [3.8, 4) is 5.75 Å². The van der Waals surface area contributed by atoms with Gasteiger partial charge in [0.1, 0.15) is 15.9 Å². The van der Waals surface area contributed by atoms with Crippen molar-refractivity contribution >= 4 is 15.8 Å². The largest absolute Gasteiger partial charge is 1.00 e. The second kappa shape index (κ2) is 4.71. The number of nitrogens with two attached hydrogens (primary N) is 1. The van der Waals surface area contributed by atoms with Gasteiger partial charge < -0.3 is 15.0 Å². The van der Waals surface area contributed by atoms with E-state index in [-0.39, 0.29) is 29.4 Å². The summed E-state index contributed by atoms with van der Waals surface area (Å²) in [7, 11) is -3.04. The first kappa shape index (κ1) is 13.3. The van der Waals surface area contributed by atoms with E-state index in [1.54, 1.807) is 0 Å². The molecular formula is C7H8LiNO4S. The number of hydrogen-bond donors (Lipinski definition) is 1. The first-order valence-electron chi connectivity index (χ1n) is 3.34. The van der Waals surface area contributed by atoms with Crippen molar-refractivity contribution in [1.82, 2.24) is 0 Å². The Morgan fingerprint density at radius 2 is 2.00 bits per heavy atom. The fourth-order valence-corrected chi connectivity index (χ4v) is 1.37. The molecule has 7 heteroatoms. The number of nitrogen functional groups attached to an aromatic ring is 1. The van der Waals surface area contributed by atoms with Gasteiger partial charge in [-0.1, -0.05) is 0 Å². The summed E-state index contributed by atoms with van der Waals surface area (Å²) in [4.78, 5) is -0.356. The summed E-state index contributed by atoms with van der Waals surface area (Å²) in [6.07, 6.45) is 0. The van der Waals surface area contributed by atoms with Crippen molar-refractivity contribution in [2.24, 2.45) is 0 Å². The van der Waals surface area contributed by atoms with Crippen LogP contribution in [0.4, 0.5) is 5.69 Å². The minimum atomic E-state index is -4.44. The van der Waals surface area contributed by atoms with E-state index in [1.165, 1.54) is 13.2 Å². The van der Waals surface area contributed by atoms with Gasteiger partial charge in [-0.3, -0.25) is 0 Å². The summed E-state index contributed by atoms with van der Waals surface area (Å²) in [5, 5.41) is 0. The SMILES string of the molecule is COc1ccc(S(=O)(=O)[O-])cc1N.[Li+]. The Hall–Kier alpha value is -0.673. The monoisotopic (exact) mass is 209 g/mol. The zero-order valence-electron chi connectivity index (χ0n) is 7.85. The normalized spacial score (nSPS) is 10.4. The van der Waals surface area contributed by atoms with Crippen LogP contribution in [0.2, 0.25) is 0 Å². The predicted octanol–water partition coefficient (Wildman–Crippen LogP) is -2.81. The minimum Gasteiger partial charge on any atom is -0.744 e. The molecular weight excluding hydrogens is 201 g/mol. The fraction of sp³-hybridized carbons (Fsp3) is 0.143. The van der Waals surface area contributed by atoms with Gasteiger partial charge in [0.2, 0.25) is 0 Å². The topological polar surface area (TPSA) is 92.5 Å². The maximum atomic E-state index is 10.5. The van der Waals surface area contributed by atoms with Crippen LogP contribution in [0, 0.1) is 0 Å². The second-order valence-corrected chi connectivity index (χ2v) is 3.74. The van der Waals surface area contributed by atoms with Gasteiger partial charge in [0.15, 0.2) is 0 Å². The summed E-state index contributed by atoms with van der Waals surface area (Å²) in [5.74, 6) is 0.340. The zero-order chi connectivity index (χ0) is 10.1. The van der Waals surface area contributed by atoms with Crippen LogP contribution < -0.4 is 29.3 Å². The molecule has 0 heterocycles. The van der Waals surface area contributed by atoms with Crippen LogP contribution in [-0.4, -0.2) is 20.1 Å². The first-order valence-corrected chi connectivity index (χ1v) is 4.75. The van der Waals surface area contributed by atoms with Crippen molar-refractivity contribution in [2.75, 3.05) is 12.8 Å². The molecule has 2 N–H and O–H groups in total. The van der Waals surface area contributed by atoms with Crippen molar-refractivity contribution < 1.29 is 36.6 Å². The first-order chi connectivity index (χ1) is 5.95. The molecule has 1 aromatic rings. The Morgan fingerprint density at radius 1 is 1.43 bits per heavy atom. The molecule has 0 amide bonds. The molecule has 0 saturated carbocycles. The third-order valence-corrected chi connectivity index (χ3v) is 2.32. The van der Waals surface area contributed by atoms with E-state index in [9.17, 15) is 13.0 Å². The Bertz CT molecular complexity index is 418. The third kappa shape index (κ3) is 2.92. The Labute approximate surface area is 94.2 Å². The molecule has 0 aliphatic carbocycles. The predicted molar refractivity (Wildman–Crippen MR) is 45.4 cm³/mol. The van der Waals surface area contributed by atoms with E-state index in [4.69, 9.17) is 10.5 Å². The van der Waals surface area contributed by atoms with Gasteiger partial charge in [0.25, 0.3) is 0 Å². The summed E-state index contributed by atoms with van der Waals surface area (Å²) >= 11 is 0. The molecule has 0 aromatic heterocycles. The van der Waals surface area contributed by atoms with Crippen LogP contribution in [-0.2, 0) is 10.1 Å². The summed E-state index contributed by atoms with van der Waals surface area (Å²) in [5.41, 5.74) is 5.52. The standard InChI is InChI=1S/C7H9NO4S.Li/c1-12-7-3-2-5(4-6(7)8)13(9,10)11;/h2-4H,8H2,1H3,(H,9,10,11);/q;+1/p-1. The second-order valence-electron chi connectivity index (χ2n) is 2.36. The number of benzene rings is 1. The molecule has 0 bridgehead atoms. The van der Waals surface area contributed by atoms with Gasteiger partial charge in [-0.15, -0.1) is 0 Å². The zero-order valence-corrected chi connectivity index (χ0v) is 8.67. The van der Waals surface area contributed by atoms with Crippen LogP contribution in [0.25, 0.3) is 0 Å². The third-order valence-electron chi connectivity index (χ3n) is 1.49. The van der Waals surface area contributed by atoms with Crippen molar-refractivity contribution in [2.45, 2.75) is 4.90 Å². The molecule has 0 unspecified atom stereocenters. The molecule has 5 nitrogen and oxygen atoms in total. The summed E-state index contributed by atoms with van der Waals surface area (Å²) < 4.78 is 36.4. The van der Waals surface area contributed by atoms with Gasteiger partial charge in [0, 0.05) is 0 Å². The Kier molecular flexibility index (Phi) is 4.48. The molecule has 14 heavy (non-hydrogen) atoms. The van der Waals surface area contributed by atoms with Crippen molar-refractivity contribution in [1.29, 1.82) is 0 Å². The number of rotatable bonds is 2. The molecule has 0 spiro atoms. The number of methoxy groups -OCH3 is 1. The Morgan fingerprint density at radius 3 is 2.36 bits per heavy atom. The minimum absolute atomic E-state index is 0. The molecule has 0 aliphatic rings. The number of hydrogen-bond acceptors (Lipinski definition) is 5. The smallest absolute Gasteiger partial charge is 0.744 e. The van der Waals surface area contributed by atoms with E-state index in [0.717, 1.165) is 12.1 Å². The number of anilines is 1. The van der Waals surface area contributed by atoms with Crippen molar-refractivity contribution in [3.63, 3.8) is 0 Å². The van der Waals surface area contributed by atoms with Gasteiger partial charge in [-0.05, 0) is 18.2 Å². The molecule has 0 atom stereocenters. The molecule has 0 radical (unpaired) electrons. The van der Waals surface area contributed by atoms with Crippen molar-refractivity contribution in [3.05, 3.63) is 18.2 Å². The fourth-order valence-electron chi connectivity index (χ4n) is 0.868. The average molecular weight is 209 g/mol.